The normalized spacial score (nSPS) is 14.4. The highest BCUT2D eigenvalue weighted by atomic mass is 32.2. The zero-order chi connectivity index (χ0) is 16.2. The highest BCUT2D eigenvalue weighted by molar-refractivity contribution is 7.84. The lowest BCUT2D eigenvalue weighted by molar-refractivity contribution is 0.190. The topological polar surface area (TPSA) is 49.4 Å². The molecule has 1 aromatic rings. The summed E-state index contributed by atoms with van der Waals surface area (Å²) >= 11 is 0. The Bertz CT molecular complexity index is 506. The van der Waals surface area contributed by atoms with E-state index < -0.39 is 10.8 Å². The standard InChI is InChI=1S/C16H26N2O2S/c1-12(16(2,3)4)17-15(19)18(5)11-13-7-9-14(10-8-13)21(6)20/h7-10,12H,11H2,1-6H3,(H,17,19)/t12-,21-/m1/s1. The Kier molecular flexibility index (Phi) is 5.96. The summed E-state index contributed by atoms with van der Waals surface area (Å²) < 4.78 is 11.3. The second-order valence-electron chi connectivity index (χ2n) is 6.49. The summed E-state index contributed by atoms with van der Waals surface area (Å²) in [5, 5.41) is 3.01. The van der Waals surface area contributed by atoms with Crippen molar-refractivity contribution < 1.29 is 9.00 Å². The van der Waals surface area contributed by atoms with Gasteiger partial charge in [-0.05, 0) is 30.0 Å². The second-order valence-corrected chi connectivity index (χ2v) is 7.87. The molecule has 118 valence electrons. The van der Waals surface area contributed by atoms with Gasteiger partial charge in [0.15, 0.2) is 0 Å². The number of rotatable bonds is 4. The van der Waals surface area contributed by atoms with E-state index in [0.717, 1.165) is 10.5 Å². The highest BCUT2D eigenvalue weighted by Gasteiger charge is 2.22. The molecule has 0 unspecified atom stereocenters. The molecule has 2 atom stereocenters. The Hall–Kier alpha value is -1.36. The van der Waals surface area contributed by atoms with Crippen molar-refractivity contribution in [2.45, 2.75) is 45.2 Å². The third-order valence-corrected chi connectivity index (χ3v) is 4.60. The van der Waals surface area contributed by atoms with E-state index >= 15 is 0 Å². The summed E-state index contributed by atoms with van der Waals surface area (Å²) in [5.74, 6) is 0. The van der Waals surface area contributed by atoms with Crippen LogP contribution >= 0.6 is 0 Å². The first kappa shape index (κ1) is 17.7. The van der Waals surface area contributed by atoms with E-state index in [9.17, 15) is 9.00 Å². The molecule has 1 N–H and O–H groups in total. The van der Waals surface area contributed by atoms with Gasteiger partial charge in [0.05, 0.1) is 0 Å². The first-order valence-corrected chi connectivity index (χ1v) is 8.61. The zero-order valence-corrected chi connectivity index (χ0v) is 14.6. The highest BCUT2D eigenvalue weighted by Crippen LogP contribution is 2.18. The minimum absolute atomic E-state index is 0.0311. The van der Waals surface area contributed by atoms with Crippen LogP contribution in [0.4, 0.5) is 4.79 Å². The monoisotopic (exact) mass is 310 g/mol. The summed E-state index contributed by atoms with van der Waals surface area (Å²) in [5.41, 5.74) is 1.05. The molecule has 0 saturated carbocycles. The van der Waals surface area contributed by atoms with Crippen LogP contribution in [0, 0.1) is 5.41 Å². The predicted molar refractivity (Wildman–Crippen MR) is 87.7 cm³/mol. The Balaban J connectivity index is 2.62. The fourth-order valence-corrected chi connectivity index (χ4v) is 2.16. The van der Waals surface area contributed by atoms with Crippen molar-refractivity contribution in [2.24, 2.45) is 5.41 Å². The summed E-state index contributed by atoms with van der Waals surface area (Å²) in [6.07, 6.45) is 1.66. The maximum absolute atomic E-state index is 12.1. The van der Waals surface area contributed by atoms with Gasteiger partial charge in [0.25, 0.3) is 0 Å². The lowest BCUT2D eigenvalue weighted by atomic mass is 9.88. The van der Waals surface area contributed by atoms with E-state index in [1.54, 1.807) is 18.2 Å². The molecule has 0 aliphatic rings. The van der Waals surface area contributed by atoms with E-state index in [-0.39, 0.29) is 17.5 Å². The van der Waals surface area contributed by atoms with Gasteiger partial charge in [-0.1, -0.05) is 32.9 Å². The third kappa shape index (κ3) is 5.50. The van der Waals surface area contributed by atoms with Gasteiger partial charge >= 0.3 is 6.03 Å². The maximum Gasteiger partial charge on any atom is 0.317 e. The molecule has 0 spiro atoms. The maximum atomic E-state index is 12.1. The van der Waals surface area contributed by atoms with E-state index in [2.05, 4.69) is 26.1 Å². The van der Waals surface area contributed by atoms with Gasteiger partial charge in [0, 0.05) is 41.6 Å². The number of urea groups is 1. The number of nitrogens with zero attached hydrogens (tertiary/aromatic N) is 1. The molecule has 1 aromatic carbocycles. The Labute approximate surface area is 130 Å². The van der Waals surface area contributed by atoms with Crippen molar-refractivity contribution in [3.63, 3.8) is 0 Å². The van der Waals surface area contributed by atoms with E-state index in [1.807, 2.05) is 31.2 Å². The van der Waals surface area contributed by atoms with Crippen molar-refractivity contribution in [1.29, 1.82) is 0 Å². The van der Waals surface area contributed by atoms with Crippen LogP contribution in [0.3, 0.4) is 0 Å². The smallest absolute Gasteiger partial charge is 0.317 e. The number of amides is 2. The predicted octanol–water partition coefficient (Wildman–Crippen LogP) is 3.00. The average Bonchev–Trinajstić information content (AvgIpc) is 2.37. The van der Waals surface area contributed by atoms with Crippen molar-refractivity contribution in [3.05, 3.63) is 29.8 Å². The second kappa shape index (κ2) is 7.07. The molecule has 0 fully saturated rings. The molecule has 1 rings (SSSR count). The zero-order valence-electron chi connectivity index (χ0n) is 13.8. The minimum Gasteiger partial charge on any atom is -0.335 e. The molecule has 0 aromatic heterocycles. The summed E-state index contributed by atoms with van der Waals surface area (Å²) in [7, 11) is 0.805. The van der Waals surface area contributed by atoms with E-state index in [4.69, 9.17) is 0 Å². The summed E-state index contributed by atoms with van der Waals surface area (Å²) in [6, 6.07) is 7.52. The molecule has 4 nitrogen and oxygen atoms in total. The van der Waals surface area contributed by atoms with Crippen LogP contribution in [0.2, 0.25) is 0 Å². The van der Waals surface area contributed by atoms with E-state index in [1.165, 1.54) is 0 Å². The summed E-state index contributed by atoms with van der Waals surface area (Å²) in [4.78, 5) is 14.6. The molecule has 5 heteroatoms. The molecule has 0 bridgehead atoms. The number of hydrogen-bond donors (Lipinski definition) is 1. The van der Waals surface area contributed by atoms with Gasteiger partial charge in [0.1, 0.15) is 0 Å². The number of nitrogens with one attached hydrogen (secondary N) is 1. The van der Waals surface area contributed by atoms with Gasteiger partial charge in [-0.25, -0.2) is 4.79 Å². The third-order valence-electron chi connectivity index (χ3n) is 3.66. The molecule has 0 heterocycles. The lowest BCUT2D eigenvalue weighted by Crippen LogP contribution is -2.46. The van der Waals surface area contributed by atoms with E-state index in [0.29, 0.717) is 6.54 Å². The molecule has 0 radical (unpaired) electrons. The van der Waals surface area contributed by atoms with Crippen molar-refractivity contribution in [3.8, 4) is 0 Å². The molecular formula is C16H26N2O2S. The summed E-state index contributed by atoms with van der Waals surface area (Å²) in [6.45, 7) is 8.83. The molecule has 21 heavy (non-hydrogen) atoms. The van der Waals surface area contributed by atoms with Crippen LogP contribution in [-0.4, -0.2) is 34.5 Å². The minimum atomic E-state index is -0.969. The largest absolute Gasteiger partial charge is 0.335 e. The van der Waals surface area contributed by atoms with Crippen molar-refractivity contribution >= 4 is 16.8 Å². The van der Waals surface area contributed by atoms with Crippen molar-refractivity contribution in [1.82, 2.24) is 10.2 Å². The first-order chi connectivity index (χ1) is 9.61. The van der Waals surface area contributed by atoms with Crippen LogP contribution in [0.15, 0.2) is 29.2 Å². The number of hydrogen-bond acceptors (Lipinski definition) is 2. The van der Waals surface area contributed by atoms with Gasteiger partial charge in [-0.3, -0.25) is 4.21 Å². The van der Waals surface area contributed by atoms with Gasteiger partial charge < -0.3 is 10.2 Å². The van der Waals surface area contributed by atoms with Gasteiger partial charge in [-0.15, -0.1) is 0 Å². The average molecular weight is 310 g/mol. The first-order valence-electron chi connectivity index (χ1n) is 7.05. The lowest BCUT2D eigenvalue weighted by Gasteiger charge is -2.30. The van der Waals surface area contributed by atoms with Gasteiger partial charge in [0.2, 0.25) is 0 Å². The molecule has 2 amide bonds. The molecule has 0 saturated heterocycles. The van der Waals surface area contributed by atoms with Crippen LogP contribution in [0.1, 0.15) is 33.3 Å². The van der Waals surface area contributed by atoms with Crippen LogP contribution in [0.5, 0.6) is 0 Å². The SMILES string of the molecule is C[C@@H](NC(=O)N(C)Cc1ccc([S@@](C)=O)cc1)C(C)(C)C. The fourth-order valence-electron chi connectivity index (χ4n) is 1.64. The molecule has 0 aliphatic carbocycles. The number of benzene rings is 1. The molecular weight excluding hydrogens is 284 g/mol. The molecule has 0 aliphatic heterocycles. The van der Waals surface area contributed by atoms with Crippen LogP contribution in [0.25, 0.3) is 0 Å². The fraction of sp³-hybridized carbons (Fsp3) is 0.562. The van der Waals surface area contributed by atoms with Gasteiger partial charge in [-0.2, -0.15) is 0 Å². The van der Waals surface area contributed by atoms with Crippen LogP contribution in [-0.2, 0) is 17.3 Å². The number of carbonyl (C=O) groups is 1. The van der Waals surface area contributed by atoms with Crippen molar-refractivity contribution in [2.75, 3.05) is 13.3 Å². The van der Waals surface area contributed by atoms with Crippen LogP contribution < -0.4 is 5.32 Å². The quantitative estimate of drug-likeness (QED) is 0.929. The Morgan fingerprint density at radius 2 is 1.81 bits per heavy atom. The Morgan fingerprint density at radius 1 is 1.29 bits per heavy atom. The number of carbonyl (C=O) groups excluding carboxylic acids is 1. The Morgan fingerprint density at radius 3 is 2.24 bits per heavy atom.